The number of nitrogens with two attached hydrogens (primary N) is 1. The smallest absolute Gasteiger partial charge is 0.239 e. The minimum atomic E-state index is 0.406. The van der Waals surface area contributed by atoms with E-state index in [1.54, 1.807) is 0 Å². The van der Waals surface area contributed by atoms with Crippen molar-refractivity contribution in [3.05, 3.63) is 71.4 Å². The second-order valence-corrected chi connectivity index (χ2v) is 6.78. The molecule has 0 radical (unpaired) electrons. The normalized spacial score (nSPS) is 13.0. The summed E-state index contributed by atoms with van der Waals surface area (Å²) < 4.78 is 1.83. The Morgan fingerprint density at radius 2 is 1.74 bits per heavy atom. The third-order valence-electron chi connectivity index (χ3n) is 5.01. The van der Waals surface area contributed by atoms with Gasteiger partial charge in [-0.1, -0.05) is 42.5 Å². The lowest BCUT2D eigenvalue weighted by molar-refractivity contribution is 0.888. The summed E-state index contributed by atoms with van der Waals surface area (Å²) in [6, 6.07) is 18.2. The van der Waals surface area contributed by atoms with Gasteiger partial charge in [-0.3, -0.25) is 0 Å². The first-order valence-electron chi connectivity index (χ1n) is 9.20. The van der Waals surface area contributed by atoms with Crippen LogP contribution >= 0.6 is 0 Å². The Kier molecular flexibility index (Phi) is 3.74. The van der Waals surface area contributed by atoms with Crippen LogP contribution in [-0.4, -0.2) is 19.5 Å². The summed E-state index contributed by atoms with van der Waals surface area (Å²) >= 11 is 0. The molecule has 0 saturated heterocycles. The van der Waals surface area contributed by atoms with Gasteiger partial charge in [-0.25, -0.2) is 14.5 Å². The lowest BCUT2D eigenvalue weighted by Gasteiger charge is -2.13. The lowest BCUT2D eigenvalue weighted by atomic mass is 10.2. The highest BCUT2D eigenvalue weighted by Gasteiger charge is 2.21. The van der Waals surface area contributed by atoms with Crippen LogP contribution in [0, 0.1) is 0 Å². The average molecular weight is 356 g/mol. The van der Waals surface area contributed by atoms with E-state index < -0.39 is 0 Å². The Bertz CT molecular complexity index is 1120. The molecule has 1 aliphatic carbocycles. The first-order chi connectivity index (χ1) is 13.3. The number of rotatable bonds is 4. The number of benzene rings is 2. The van der Waals surface area contributed by atoms with Gasteiger partial charge in [-0.15, -0.1) is 0 Å². The molecule has 0 fully saturated rings. The van der Waals surface area contributed by atoms with E-state index in [4.69, 9.17) is 15.7 Å². The minimum absolute atomic E-state index is 0.406. The molecule has 0 unspecified atom stereocenters. The number of fused-ring (bicyclic) bond motifs is 2. The molecular weight excluding hydrogens is 336 g/mol. The first kappa shape index (κ1) is 15.8. The number of aryl methyl sites for hydroxylation is 1. The van der Waals surface area contributed by atoms with E-state index in [0.29, 0.717) is 11.9 Å². The zero-order valence-electron chi connectivity index (χ0n) is 14.9. The molecule has 2 aromatic heterocycles. The van der Waals surface area contributed by atoms with Gasteiger partial charge < -0.3 is 11.1 Å². The van der Waals surface area contributed by atoms with Crippen molar-refractivity contribution in [2.24, 2.45) is 0 Å². The third kappa shape index (κ3) is 2.79. The minimum Gasteiger partial charge on any atom is -0.369 e. The molecule has 0 atom stereocenters. The van der Waals surface area contributed by atoms with E-state index in [-0.39, 0.29) is 0 Å². The van der Waals surface area contributed by atoms with Crippen molar-refractivity contribution in [1.29, 1.82) is 0 Å². The molecule has 27 heavy (non-hydrogen) atoms. The zero-order valence-corrected chi connectivity index (χ0v) is 14.9. The summed E-state index contributed by atoms with van der Waals surface area (Å²) in [4.78, 5) is 14.1. The van der Waals surface area contributed by atoms with Crippen molar-refractivity contribution in [3.63, 3.8) is 0 Å². The summed E-state index contributed by atoms with van der Waals surface area (Å²) in [5.41, 5.74) is 11.5. The quantitative estimate of drug-likeness (QED) is 0.585. The molecule has 2 heterocycles. The molecule has 0 amide bonds. The maximum Gasteiger partial charge on any atom is 0.239 e. The number of nitrogen functional groups attached to an aromatic ring is 1. The number of para-hydroxylation sites is 2. The van der Waals surface area contributed by atoms with E-state index in [9.17, 15) is 0 Å². The largest absolute Gasteiger partial charge is 0.369 e. The van der Waals surface area contributed by atoms with Gasteiger partial charge in [0.2, 0.25) is 11.9 Å². The predicted molar refractivity (Wildman–Crippen MR) is 107 cm³/mol. The van der Waals surface area contributed by atoms with Crippen molar-refractivity contribution in [2.45, 2.75) is 25.8 Å². The van der Waals surface area contributed by atoms with Crippen molar-refractivity contribution in [1.82, 2.24) is 19.5 Å². The molecule has 134 valence electrons. The van der Waals surface area contributed by atoms with E-state index in [0.717, 1.165) is 48.4 Å². The number of hydrogen-bond donors (Lipinski definition) is 2. The molecule has 6 heteroatoms. The fourth-order valence-corrected chi connectivity index (χ4v) is 3.70. The Balaban J connectivity index is 1.58. The molecule has 3 N–H and O–H groups in total. The van der Waals surface area contributed by atoms with Crippen LogP contribution in [0.5, 0.6) is 0 Å². The number of imidazole rings is 1. The van der Waals surface area contributed by atoms with E-state index in [1.807, 2.05) is 47.0 Å². The van der Waals surface area contributed by atoms with Crippen molar-refractivity contribution >= 4 is 22.8 Å². The maximum absolute atomic E-state index is 6.20. The molecule has 5 rings (SSSR count). The monoisotopic (exact) mass is 356 g/mol. The number of anilines is 2. The van der Waals surface area contributed by atoms with Crippen LogP contribution in [0.15, 0.2) is 54.6 Å². The molecule has 6 nitrogen and oxygen atoms in total. The second-order valence-electron chi connectivity index (χ2n) is 6.78. The summed E-state index contributed by atoms with van der Waals surface area (Å²) in [5.74, 6) is 1.88. The van der Waals surface area contributed by atoms with Crippen molar-refractivity contribution in [3.8, 4) is 5.95 Å². The fourth-order valence-electron chi connectivity index (χ4n) is 3.70. The summed E-state index contributed by atoms with van der Waals surface area (Å²) in [5, 5.41) is 3.51. The van der Waals surface area contributed by atoms with Crippen LogP contribution in [0.2, 0.25) is 0 Å². The molecular formula is C21H20N6. The lowest BCUT2D eigenvalue weighted by Crippen LogP contribution is -2.12. The van der Waals surface area contributed by atoms with Gasteiger partial charge in [0, 0.05) is 12.1 Å². The van der Waals surface area contributed by atoms with Crippen LogP contribution in [0.1, 0.15) is 23.2 Å². The zero-order chi connectivity index (χ0) is 18.2. The highest BCUT2D eigenvalue weighted by atomic mass is 15.3. The van der Waals surface area contributed by atoms with Crippen LogP contribution in [0.25, 0.3) is 17.0 Å². The molecule has 1 aliphatic rings. The Morgan fingerprint density at radius 1 is 0.926 bits per heavy atom. The summed E-state index contributed by atoms with van der Waals surface area (Å²) in [6.07, 6.45) is 3.08. The maximum atomic E-state index is 6.20. The molecule has 0 aliphatic heterocycles. The number of hydrogen-bond acceptors (Lipinski definition) is 5. The molecule has 0 bridgehead atoms. The predicted octanol–water partition coefficient (Wildman–Crippen LogP) is 3.50. The average Bonchev–Trinajstić information content (AvgIpc) is 3.30. The van der Waals surface area contributed by atoms with Crippen molar-refractivity contribution in [2.75, 3.05) is 11.1 Å². The number of aromatic nitrogens is 4. The number of nitrogens with zero attached hydrogens (tertiary/aromatic N) is 4. The Morgan fingerprint density at radius 3 is 2.63 bits per heavy atom. The topological polar surface area (TPSA) is 81.6 Å². The van der Waals surface area contributed by atoms with Gasteiger partial charge >= 0.3 is 0 Å². The number of nitrogens with one attached hydrogen (secondary N) is 1. The van der Waals surface area contributed by atoms with Gasteiger partial charge in [0.1, 0.15) is 5.82 Å². The van der Waals surface area contributed by atoms with Crippen LogP contribution in [0.4, 0.5) is 11.8 Å². The van der Waals surface area contributed by atoms with E-state index in [1.165, 1.54) is 11.1 Å². The van der Waals surface area contributed by atoms with Crippen LogP contribution < -0.4 is 11.1 Å². The van der Waals surface area contributed by atoms with Crippen LogP contribution in [0.3, 0.4) is 0 Å². The second kappa shape index (κ2) is 6.39. The first-order valence-corrected chi connectivity index (χ1v) is 9.20. The highest BCUT2D eigenvalue weighted by molar-refractivity contribution is 5.80. The van der Waals surface area contributed by atoms with Gasteiger partial charge in [0.15, 0.2) is 0 Å². The fraction of sp³-hybridized carbons (Fsp3) is 0.190. The SMILES string of the molecule is Nc1nc2ccccc2n1-c1nc2c(c(NCc3ccccc3)n1)CCC2. The summed E-state index contributed by atoms with van der Waals surface area (Å²) in [7, 11) is 0. The Hall–Kier alpha value is -3.41. The van der Waals surface area contributed by atoms with E-state index in [2.05, 4.69) is 22.4 Å². The van der Waals surface area contributed by atoms with Crippen LogP contribution in [-0.2, 0) is 19.4 Å². The highest BCUT2D eigenvalue weighted by Crippen LogP contribution is 2.29. The van der Waals surface area contributed by atoms with Gasteiger partial charge in [0.25, 0.3) is 0 Å². The van der Waals surface area contributed by atoms with E-state index >= 15 is 0 Å². The van der Waals surface area contributed by atoms with Gasteiger partial charge in [0.05, 0.1) is 16.7 Å². The van der Waals surface area contributed by atoms with Crippen molar-refractivity contribution < 1.29 is 0 Å². The standard InChI is InChI=1S/C21H20N6/c22-20-24-17-10-4-5-12-18(17)27(20)21-25-16-11-6-9-15(16)19(26-21)23-13-14-7-2-1-3-8-14/h1-5,7-8,10,12H,6,9,11,13H2,(H2,22,24)(H,23,25,26). The Labute approximate surface area is 157 Å². The van der Waals surface area contributed by atoms with Gasteiger partial charge in [-0.2, -0.15) is 4.98 Å². The molecule has 0 spiro atoms. The molecule has 2 aromatic carbocycles. The summed E-state index contributed by atoms with van der Waals surface area (Å²) in [6.45, 7) is 0.726. The third-order valence-corrected chi connectivity index (χ3v) is 5.01. The molecule has 0 saturated carbocycles. The molecule has 4 aromatic rings. The van der Waals surface area contributed by atoms with Gasteiger partial charge in [-0.05, 0) is 37.0 Å².